The van der Waals surface area contributed by atoms with E-state index in [0.29, 0.717) is 15.9 Å². The second-order valence-electron chi connectivity index (χ2n) is 6.46. The molecule has 0 bridgehead atoms. The molecule has 0 radical (unpaired) electrons. The van der Waals surface area contributed by atoms with Crippen molar-refractivity contribution in [2.75, 3.05) is 0 Å². The molecule has 0 amide bonds. The number of fused-ring (bicyclic) bond motifs is 3. The summed E-state index contributed by atoms with van der Waals surface area (Å²) in [7, 11) is 0. The van der Waals surface area contributed by atoms with Gasteiger partial charge in [-0.3, -0.25) is 9.89 Å². The number of rotatable bonds is 1. The molecule has 1 aromatic carbocycles. The van der Waals surface area contributed by atoms with Gasteiger partial charge in [0.2, 0.25) is 0 Å². The minimum absolute atomic E-state index is 0.000108. The predicted molar refractivity (Wildman–Crippen MR) is 93.1 cm³/mol. The molecule has 1 aliphatic carbocycles. The lowest BCUT2D eigenvalue weighted by Crippen LogP contribution is -2.34. The molecular weight excluding hydrogens is 312 g/mol. The summed E-state index contributed by atoms with van der Waals surface area (Å²) in [6, 6.07) is 5.94. The van der Waals surface area contributed by atoms with Crippen molar-refractivity contribution in [2.45, 2.75) is 44.7 Å². The van der Waals surface area contributed by atoms with Crippen LogP contribution in [0.5, 0.6) is 0 Å². The molecule has 2 unspecified atom stereocenters. The summed E-state index contributed by atoms with van der Waals surface area (Å²) in [6.07, 6.45) is 3.86. The zero-order valence-corrected chi connectivity index (χ0v) is 13.7. The third-order valence-electron chi connectivity index (χ3n) is 4.92. The van der Waals surface area contributed by atoms with E-state index in [9.17, 15) is 4.79 Å². The molecule has 2 heterocycles. The Labute approximate surface area is 138 Å². The van der Waals surface area contributed by atoms with Gasteiger partial charge in [0.1, 0.15) is 5.52 Å². The number of H-pyrrole nitrogens is 1. The summed E-state index contributed by atoms with van der Waals surface area (Å²) in [5.41, 5.74) is 8.43. The summed E-state index contributed by atoms with van der Waals surface area (Å²) in [5.74, 6) is 0. The van der Waals surface area contributed by atoms with Crippen LogP contribution < -0.4 is 11.3 Å². The van der Waals surface area contributed by atoms with E-state index in [2.05, 4.69) is 10.2 Å². The third kappa shape index (κ3) is 2.18. The van der Waals surface area contributed by atoms with Gasteiger partial charge in [0.15, 0.2) is 0 Å². The summed E-state index contributed by atoms with van der Waals surface area (Å²) < 4.78 is 1.89. The molecule has 4 rings (SSSR count). The molecule has 2 atom stereocenters. The molecule has 3 aromatic rings. The van der Waals surface area contributed by atoms with E-state index >= 15 is 0 Å². The third-order valence-corrected chi connectivity index (χ3v) is 5.24. The van der Waals surface area contributed by atoms with Gasteiger partial charge in [-0.2, -0.15) is 5.10 Å². The van der Waals surface area contributed by atoms with Crippen LogP contribution in [0.4, 0.5) is 0 Å². The van der Waals surface area contributed by atoms with Gasteiger partial charge in [-0.15, -0.1) is 0 Å². The normalized spacial score (nSPS) is 22.0. The van der Waals surface area contributed by atoms with Gasteiger partial charge in [-0.1, -0.05) is 17.7 Å². The number of nitrogens with two attached hydrogens (primary N) is 1. The molecule has 3 N–H and O–H groups in total. The fourth-order valence-corrected chi connectivity index (χ4v) is 4.11. The Morgan fingerprint density at radius 1 is 1.35 bits per heavy atom. The summed E-state index contributed by atoms with van der Waals surface area (Å²) in [5, 5.41) is 9.34. The van der Waals surface area contributed by atoms with Gasteiger partial charge < -0.3 is 10.3 Å². The Bertz CT molecular complexity index is 959. The summed E-state index contributed by atoms with van der Waals surface area (Å²) >= 11 is 6.44. The maximum atomic E-state index is 13.2. The quantitative estimate of drug-likeness (QED) is 0.718. The predicted octanol–water partition coefficient (Wildman–Crippen LogP) is 3.28. The van der Waals surface area contributed by atoms with Gasteiger partial charge in [0.05, 0.1) is 15.9 Å². The van der Waals surface area contributed by atoms with E-state index in [0.717, 1.165) is 42.3 Å². The molecular formula is C17H19ClN4O. The van der Waals surface area contributed by atoms with Crippen LogP contribution in [0.15, 0.2) is 23.0 Å². The first kappa shape index (κ1) is 14.7. The molecule has 1 fully saturated rings. The average Bonchev–Trinajstić information content (AvgIpc) is 2.90. The number of aryl methyl sites for hydroxylation is 1. The standard InChI is InChI=1S/C17H19ClN4O/c1-9-14-16(21-20-9)15-12(18)6-3-7-13(15)22(17(14)23)11-5-2-4-10(19)8-11/h3,6-7,10-11H,2,4-5,8,19H2,1H3,(H,20,21). The van der Waals surface area contributed by atoms with Crippen LogP contribution in [-0.2, 0) is 0 Å². The van der Waals surface area contributed by atoms with Crippen molar-refractivity contribution in [3.63, 3.8) is 0 Å². The lowest BCUT2D eigenvalue weighted by molar-refractivity contribution is 0.321. The lowest BCUT2D eigenvalue weighted by atomic mass is 9.91. The summed E-state index contributed by atoms with van der Waals surface area (Å²) in [4.78, 5) is 13.2. The Balaban J connectivity index is 2.12. The zero-order chi connectivity index (χ0) is 16.1. The van der Waals surface area contributed by atoms with E-state index < -0.39 is 0 Å². The topological polar surface area (TPSA) is 76.7 Å². The average molecular weight is 331 g/mol. The number of halogens is 1. The molecule has 23 heavy (non-hydrogen) atoms. The van der Waals surface area contributed by atoms with Gasteiger partial charge >= 0.3 is 0 Å². The van der Waals surface area contributed by atoms with Gasteiger partial charge in [0.25, 0.3) is 5.56 Å². The molecule has 6 heteroatoms. The highest BCUT2D eigenvalue weighted by molar-refractivity contribution is 6.37. The van der Waals surface area contributed by atoms with Crippen molar-refractivity contribution in [3.8, 4) is 0 Å². The molecule has 5 nitrogen and oxygen atoms in total. The summed E-state index contributed by atoms with van der Waals surface area (Å²) in [6.45, 7) is 1.87. The van der Waals surface area contributed by atoms with Gasteiger partial charge in [-0.05, 0) is 44.7 Å². The van der Waals surface area contributed by atoms with Crippen molar-refractivity contribution < 1.29 is 0 Å². The molecule has 0 saturated heterocycles. The molecule has 2 aromatic heterocycles. The van der Waals surface area contributed by atoms with Crippen molar-refractivity contribution in [3.05, 3.63) is 39.3 Å². The fraction of sp³-hybridized carbons (Fsp3) is 0.412. The second kappa shape index (κ2) is 5.35. The Morgan fingerprint density at radius 3 is 2.96 bits per heavy atom. The van der Waals surface area contributed by atoms with Crippen LogP contribution in [0.25, 0.3) is 21.8 Å². The number of nitrogens with one attached hydrogen (secondary N) is 1. The number of nitrogens with zero attached hydrogens (tertiary/aromatic N) is 2. The first-order chi connectivity index (χ1) is 11.1. The van der Waals surface area contributed by atoms with Crippen LogP contribution in [0.1, 0.15) is 37.4 Å². The highest BCUT2D eigenvalue weighted by atomic mass is 35.5. The number of aromatic nitrogens is 3. The molecule has 1 aliphatic rings. The number of hydrogen-bond donors (Lipinski definition) is 2. The fourth-order valence-electron chi connectivity index (χ4n) is 3.85. The zero-order valence-electron chi connectivity index (χ0n) is 13.0. The first-order valence-corrected chi connectivity index (χ1v) is 8.38. The molecule has 120 valence electrons. The van der Waals surface area contributed by atoms with Crippen LogP contribution in [-0.4, -0.2) is 20.8 Å². The number of hydrogen-bond acceptors (Lipinski definition) is 3. The van der Waals surface area contributed by atoms with Crippen LogP contribution >= 0.6 is 11.6 Å². The Hall–Kier alpha value is -1.85. The lowest BCUT2D eigenvalue weighted by Gasteiger charge is -2.29. The van der Waals surface area contributed by atoms with E-state index in [1.54, 1.807) is 0 Å². The van der Waals surface area contributed by atoms with Crippen LogP contribution in [0, 0.1) is 6.92 Å². The van der Waals surface area contributed by atoms with Crippen molar-refractivity contribution in [1.29, 1.82) is 0 Å². The molecule has 1 saturated carbocycles. The van der Waals surface area contributed by atoms with Crippen molar-refractivity contribution in [2.24, 2.45) is 5.73 Å². The minimum Gasteiger partial charge on any atom is -0.328 e. The largest absolute Gasteiger partial charge is 0.328 e. The van der Waals surface area contributed by atoms with E-state index in [1.807, 2.05) is 29.7 Å². The monoisotopic (exact) mass is 330 g/mol. The van der Waals surface area contributed by atoms with Crippen LogP contribution in [0.2, 0.25) is 5.02 Å². The van der Waals surface area contributed by atoms with Gasteiger partial charge in [-0.25, -0.2) is 0 Å². The van der Waals surface area contributed by atoms with Crippen molar-refractivity contribution in [1.82, 2.24) is 14.8 Å². The Morgan fingerprint density at radius 2 is 2.17 bits per heavy atom. The van der Waals surface area contributed by atoms with E-state index in [1.165, 1.54) is 0 Å². The van der Waals surface area contributed by atoms with Gasteiger partial charge in [0, 0.05) is 23.2 Å². The minimum atomic E-state index is 0.000108. The molecule has 0 aliphatic heterocycles. The maximum absolute atomic E-state index is 13.2. The SMILES string of the molecule is Cc1[nH]nc2c1c(=O)n(C1CCCC(N)C1)c1cccc(Cl)c21. The second-order valence-corrected chi connectivity index (χ2v) is 6.87. The highest BCUT2D eigenvalue weighted by Gasteiger charge is 2.26. The molecule has 0 spiro atoms. The first-order valence-electron chi connectivity index (χ1n) is 8.01. The number of benzene rings is 1. The van der Waals surface area contributed by atoms with Crippen LogP contribution in [0.3, 0.4) is 0 Å². The highest BCUT2D eigenvalue weighted by Crippen LogP contribution is 2.34. The maximum Gasteiger partial charge on any atom is 0.262 e. The Kier molecular flexibility index (Phi) is 3.43. The van der Waals surface area contributed by atoms with E-state index in [4.69, 9.17) is 17.3 Å². The number of aromatic amines is 1. The van der Waals surface area contributed by atoms with E-state index in [-0.39, 0.29) is 17.6 Å². The number of pyridine rings is 1. The van der Waals surface area contributed by atoms with Crippen molar-refractivity contribution >= 4 is 33.4 Å². The smallest absolute Gasteiger partial charge is 0.262 e.